The van der Waals surface area contributed by atoms with Crippen molar-refractivity contribution in [2.75, 3.05) is 5.32 Å². The average Bonchev–Trinajstić information content (AvgIpc) is 3.04. The minimum absolute atomic E-state index is 0.237. The lowest BCUT2D eigenvalue weighted by Gasteiger charge is -2.11. The minimum Gasteiger partial charge on any atom is -0.320 e. The fourth-order valence-electron chi connectivity index (χ4n) is 1.90. The summed E-state index contributed by atoms with van der Waals surface area (Å²) in [5, 5.41) is 7.58. The van der Waals surface area contributed by atoms with Gasteiger partial charge in [0.15, 0.2) is 0 Å². The van der Waals surface area contributed by atoms with Gasteiger partial charge in [-0.3, -0.25) is 9.78 Å². The van der Waals surface area contributed by atoms with Gasteiger partial charge in [-0.15, -0.1) is 0 Å². The molecule has 0 radical (unpaired) electrons. The van der Waals surface area contributed by atoms with Crippen molar-refractivity contribution in [3.63, 3.8) is 0 Å². The Balaban J connectivity index is 1.94. The number of nitrogens with zero attached hydrogens (tertiary/aromatic N) is 3. The van der Waals surface area contributed by atoms with Gasteiger partial charge in [-0.05, 0) is 36.4 Å². The van der Waals surface area contributed by atoms with Crippen molar-refractivity contribution in [2.24, 2.45) is 0 Å². The molecule has 0 aliphatic rings. The highest BCUT2D eigenvalue weighted by atomic mass is 35.5. The maximum absolute atomic E-state index is 12.2. The highest BCUT2D eigenvalue weighted by Gasteiger charge is 2.11. The van der Waals surface area contributed by atoms with E-state index in [9.17, 15) is 4.79 Å². The van der Waals surface area contributed by atoms with E-state index < -0.39 is 0 Å². The summed E-state index contributed by atoms with van der Waals surface area (Å²) in [4.78, 5) is 16.1. The lowest BCUT2D eigenvalue weighted by atomic mass is 10.2. The maximum Gasteiger partial charge on any atom is 0.257 e. The van der Waals surface area contributed by atoms with E-state index in [-0.39, 0.29) is 5.91 Å². The van der Waals surface area contributed by atoms with Gasteiger partial charge in [0.2, 0.25) is 0 Å². The van der Waals surface area contributed by atoms with E-state index >= 15 is 0 Å². The Morgan fingerprint density at radius 1 is 1.19 bits per heavy atom. The molecule has 1 aromatic carbocycles. The molecule has 104 valence electrons. The van der Waals surface area contributed by atoms with Gasteiger partial charge in [-0.25, -0.2) is 4.68 Å². The molecule has 5 nitrogen and oxygen atoms in total. The van der Waals surface area contributed by atoms with E-state index in [1.165, 1.54) is 6.20 Å². The number of amides is 1. The van der Waals surface area contributed by atoms with Gasteiger partial charge in [-0.2, -0.15) is 5.10 Å². The molecule has 0 bridgehead atoms. The molecule has 2 aromatic heterocycles. The van der Waals surface area contributed by atoms with Gasteiger partial charge in [-0.1, -0.05) is 11.6 Å². The monoisotopic (exact) mass is 298 g/mol. The van der Waals surface area contributed by atoms with E-state index in [0.29, 0.717) is 22.0 Å². The van der Waals surface area contributed by atoms with Crippen LogP contribution in [0.15, 0.2) is 61.2 Å². The number of benzene rings is 1. The minimum atomic E-state index is -0.237. The molecule has 0 spiro atoms. The van der Waals surface area contributed by atoms with Gasteiger partial charge >= 0.3 is 0 Å². The summed E-state index contributed by atoms with van der Waals surface area (Å²) in [5.41, 5.74) is 1.81. The van der Waals surface area contributed by atoms with Crippen LogP contribution in [0.4, 0.5) is 5.69 Å². The molecule has 0 saturated heterocycles. The van der Waals surface area contributed by atoms with Crippen LogP contribution in [0.1, 0.15) is 10.4 Å². The largest absolute Gasteiger partial charge is 0.320 e. The second kappa shape index (κ2) is 5.76. The number of hydrogen-bond donors (Lipinski definition) is 1. The molecule has 3 aromatic rings. The summed E-state index contributed by atoms with van der Waals surface area (Å²) in [6.07, 6.45) is 6.58. The predicted octanol–water partition coefficient (Wildman–Crippen LogP) is 3.17. The third-order valence-corrected chi connectivity index (χ3v) is 3.12. The van der Waals surface area contributed by atoms with Crippen molar-refractivity contribution >= 4 is 23.2 Å². The Bertz CT molecular complexity index is 757. The molecule has 0 atom stereocenters. The zero-order valence-corrected chi connectivity index (χ0v) is 11.7. The SMILES string of the molecule is O=C(Nc1ccc(Cl)cc1-n1cccn1)c1cccnc1. The molecule has 3 rings (SSSR count). The van der Waals surface area contributed by atoms with Crippen LogP contribution in [0.5, 0.6) is 0 Å². The van der Waals surface area contributed by atoms with E-state index in [2.05, 4.69) is 15.4 Å². The lowest BCUT2D eigenvalue weighted by Crippen LogP contribution is -2.14. The number of pyridine rings is 1. The maximum atomic E-state index is 12.2. The first kappa shape index (κ1) is 13.3. The fourth-order valence-corrected chi connectivity index (χ4v) is 2.07. The summed E-state index contributed by atoms with van der Waals surface area (Å²) in [6, 6.07) is 10.4. The first-order valence-electron chi connectivity index (χ1n) is 6.25. The molecule has 0 fully saturated rings. The van der Waals surface area contributed by atoms with Crippen LogP contribution in [0.3, 0.4) is 0 Å². The highest BCUT2D eigenvalue weighted by Crippen LogP contribution is 2.24. The molecule has 1 N–H and O–H groups in total. The van der Waals surface area contributed by atoms with Crippen LogP contribution in [0.25, 0.3) is 5.69 Å². The molecule has 1 amide bonds. The Labute approximate surface area is 126 Å². The third-order valence-electron chi connectivity index (χ3n) is 2.88. The van der Waals surface area contributed by atoms with Gasteiger partial charge in [0, 0.05) is 29.8 Å². The lowest BCUT2D eigenvalue weighted by molar-refractivity contribution is 0.102. The molecule has 6 heteroatoms. The summed E-state index contributed by atoms with van der Waals surface area (Å²) in [7, 11) is 0. The highest BCUT2D eigenvalue weighted by molar-refractivity contribution is 6.31. The second-order valence-corrected chi connectivity index (χ2v) is 4.74. The zero-order valence-electron chi connectivity index (χ0n) is 10.9. The number of hydrogen-bond acceptors (Lipinski definition) is 3. The van der Waals surface area contributed by atoms with Crippen molar-refractivity contribution < 1.29 is 4.79 Å². The zero-order chi connectivity index (χ0) is 14.7. The van der Waals surface area contributed by atoms with Crippen molar-refractivity contribution in [2.45, 2.75) is 0 Å². The van der Waals surface area contributed by atoms with Gasteiger partial charge in [0.05, 0.1) is 16.9 Å². The standard InChI is InChI=1S/C15H11ClN4O/c16-12-4-5-13(14(9-12)20-8-2-7-18-20)19-15(21)11-3-1-6-17-10-11/h1-10H,(H,19,21). The molecule has 21 heavy (non-hydrogen) atoms. The number of anilines is 1. The summed E-state index contributed by atoms with van der Waals surface area (Å²) in [6.45, 7) is 0. The van der Waals surface area contributed by atoms with Crippen LogP contribution >= 0.6 is 11.6 Å². The number of aromatic nitrogens is 3. The fraction of sp³-hybridized carbons (Fsp3) is 0. The first-order chi connectivity index (χ1) is 10.2. The van der Waals surface area contributed by atoms with Gasteiger partial charge in [0.1, 0.15) is 0 Å². The van der Waals surface area contributed by atoms with E-state index in [1.807, 2.05) is 0 Å². The molecular formula is C15H11ClN4O. The summed E-state index contributed by atoms with van der Waals surface area (Å²) < 4.78 is 1.64. The number of carbonyl (C=O) groups excluding carboxylic acids is 1. The Morgan fingerprint density at radius 3 is 2.81 bits per heavy atom. The third kappa shape index (κ3) is 2.93. The van der Waals surface area contributed by atoms with Gasteiger partial charge < -0.3 is 5.32 Å². The number of carbonyl (C=O) groups is 1. The van der Waals surface area contributed by atoms with Crippen molar-refractivity contribution in [1.82, 2.24) is 14.8 Å². The number of nitrogens with one attached hydrogen (secondary N) is 1. The van der Waals surface area contributed by atoms with Crippen LogP contribution in [-0.2, 0) is 0 Å². The first-order valence-corrected chi connectivity index (χ1v) is 6.63. The van der Waals surface area contributed by atoms with Crippen molar-refractivity contribution in [1.29, 1.82) is 0 Å². The van der Waals surface area contributed by atoms with Gasteiger partial charge in [0.25, 0.3) is 5.91 Å². The van der Waals surface area contributed by atoms with Crippen LogP contribution in [0, 0.1) is 0 Å². The quantitative estimate of drug-likeness (QED) is 0.808. The average molecular weight is 299 g/mol. The predicted molar refractivity (Wildman–Crippen MR) is 80.8 cm³/mol. The summed E-state index contributed by atoms with van der Waals surface area (Å²) in [5.74, 6) is -0.237. The smallest absolute Gasteiger partial charge is 0.257 e. The van der Waals surface area contributed by atoms with Crippen molar-refractivity contribution in [3.8, 4) is 5.69 Å². The normalized spacial score (nSPS) is 10.3. The molecule has 0 unspecified atom stereocenters. The molecule has 0 aliphatic carbocycles. The second-order valence-electron chi connectivity index (χ2n) is 4.31. The van der Waals surface area contributed by atoms with Crippen LogP contribution < -0.4 is 5.32 Å². The van der Waals surface area contributed by atoms with E-state index in [0.717, 1.165) is 0 Å². The molecular weight excluding hydrogens is 288 g/mol. The molecule has 0 saturated carbocycles. The number of halogens is 1. The Morgan fingerprint density at radius 2 is 2.10 bits per heavy atom. The topological polar surface area (TPSA) is 59.8 Å². The molecule has 0 aliphatic heterocycles. The van der Waals surface area contributed by atoms with E-state index in [4.69, 9.17) is 11.6 Å². The Hall–Kier alpha value is -2.66. The van der Waals surface area contributed by atoms with E-state index in [1.54, 1.807) is 59.7 Å². The number of rotatable bonds is 3. The van der Waals surface area contributed by atoms with Crippen LogP contribution in [0.2, 0.25) is 5.02 Å². The Kier molecular flexibility index (Phi) is 3.66. The van der Waals surface area contributed by atoms with Crippen LogP contribution in [-0.4, -0.2) is 20.7 Å². The summed E-state index contributed by atoms with van der Waals surface area (Å²) >= 11 is 6.02. The van der Waals surface area contributed by atoms with Crippen molar-refractivity contribution in [3.05, 3.63) is 71.8 Å². The molecule has 2 heterocycles.